The van der Waals surface area contributed by atoms with E-state index in [0.717, 1.165) is 33.4 Å². The van der Waals surface area contributed by atoms with E-state index in [2.05, 4.69) is 6.92 Å². The lowest BCUT2D eigenvalue weighted by atomic mass is 10.2. The van der Waals surface area contributed by atoms with Gasteiger partial charge in [0.15, 0.2) is 16.8 Å². The Balaban J connectivity index is 1.50. The smallest absolute Gasteiger partial charge is 0.194 e. The molecule has 0 radical (unpaired) electrons. The molecule has 3 aromatic heterocycles. The Hall–Kier alpha value is -3.62. The first-order valence-electron chi connectivity index (χ1n) is 10.7. The van der Waals surface area contributed by atoms with Gasteiger partial charge in [-0.1, -0.05) is 48.6 Å². The predicted octanol–water partition coefficient (Wildman–Crippen LogP) is 5.60. The SMILES string of the molecule is CCc1nc(-n2cccc2)sc1-c1nc(COCc2ccccc2)nn1-c1ccc(F)cc1. The van der Waals surface area contributed by atoms with Gasteiger partial charge in [0.1, 0.15) is 12.4 Å². The third kappa shape index (κ3) is 4.62. The largest absolute Gasteiger partial charge is 0.369 e. The average molecular weight is 460 g/mol. The minimum absolute atomic E-state index is 0.265. The van der Waals surface area contributed by atoms with Crippen LogP contribution in [-0.2, 0) is 24.4 Å². The van der Waals surface area contributed by atoms with E-state index in [4.69, 9.17) is 19.8 Å². The maximum Gasteiger partial charge on any atom is 0.194 e. The molecule has 0 bridgehead atoms. The first kappa shape index (κ1) is 21.2. The van der Waals surface area contributed by atoms with Gasteiger partial charge >= 0.3 is 0 Å². The van der Waals surface area contributed by atoms with Crippen molar-refractivity contribution >= 4 is 11.3 Å². The Bertz CT molecular complexity index is 1330. The van der Waals surface area contributed by atoms with E-state index in [-0.39, 0.29) is 12.4 Å². The number of benzene rings is 2. The van der Waals surface area contributed by atoms with Crippen LogP contribution in [0.1, 0.15) is 24.0 Å². The second kappa shape index (κ2) is 9.48. The van der Waals surface area contributed by atoms with E-state index in [0.29, 0.717) is 18.3 Å². The minimum atomic E-state index is -0.297. The molecule has 0 aliphatic rings. The molecule has 0 N–H and O–H groups in total. The van der Waals surface area contributed by atoms with Gasteiger partial charge < -0.3 is 9.30 Å². The zero-order valence-corrected chi connectivity index (χ0v) is 18.9. The first-order chi connectivity index (χ1) is 16.2. The number of aromatic nitrogens is 5. The molecule has 2 aromatic carbocycles. The molecular formula is C25H22FN5OS. The topological polar surface area (TPSA) is 57.8 Å². The average Bonchev–Trinajstić information content (AvgIpc) is 3.59. The number of hydrogen-bond donors (Lipinski definition) is 0. The summed E-state index contributed by atoms with van der Waals surface area (Å²) >= 11 is 1.55. The second-order valence-corrected chi connectivity index (χ2v) is 8.41. The summed E-state index contributed by atoms with van der Waals surface area (Å²) in [4.78, 5) is 10.6. The molecule has 166 valence electrons. The van der Waals surface area contributed by atoms with Crippen molar-refractivity contribution in [3.63, 3.8) is 0 Å². The lowest BCUT2D eigenvalue weighted by molar-refractivity contribution is 0.102. The summed E-state index contributed by atoms with van der Waals surface area (Å²) in [5, 5.41) is 5.56. The highest BCUT2D eigenvalue weighted by Crippen LogP contribution is 2.33. The molecule has 0 spiro atoms. The van der Waals surface area contributed by atoms with Crippen LogP contribution in [-0.4, -0.2) is 24.3 Å². The molecule has 3 heterocycles. The normalized spacial score (nSPS) is 11.2. The summed E-state index contributed by atoms with van der Waals surface area (Å²) in [5.41, 5.74) is 2.75. The quantitative estimate of drug-likeness (QED) is 0.303. The van der Waals surface area contributed by atoms with Crippen molar-refractivity contribution in [1.82, 2.24) is 24.3 Å². The highest BCUT2D eigenvalue weighted by molar-refractivity contribution is 7.17. The van der Waals surface area contributed by atoms with Crippen LogP contribution in [0.2, 0.25) is 0 Å². The van der Waals surface area contributed by atoms with Crippen molar-refractivity contribution in [1.29, 1.82) is 0 Å². The summed E-state index contributed by atoms with van der Waals surface area (Å²) in [6.07, 6.45) is 4.69. The Labute approximate surface area is 195 Å². The molecule has 0 atom stereocenters. The van der Waals surface area contributed by atoms with Gasteiger partial charge in [-0.05, 0) is 48.4 Å². The van der Waals surface area contributed by atoms with Crippen LogP contribution in [0.3, 0.4) is 0 Å². The van der Waals surface area contributed by atoms with Gasteiger partial charge in [0.05, 0.1) is 22.9 Å². The van der Waals surface area contributed by atoms with Gasteiger partial charge in [-0.3, -0.25) is 0 Å². The van der Waals surface area contributed by atoms with E-state index >= 15 is 0 Å². The van der Waals surface area contributed by atoms with Crippen molar-refractivity contribution in [3.8, 4) is 21.5 Å². The zero-order chi connectivity index (χ0) is 22.6. The fraction of sp³-hybridized carbons (Fsp3) is 0.160. The fourth-order valence-corrected chi connectivity index (χ4v) is 4.58. The molecule has 33 heavy (non-hydrogen) atoms. The maximum absolute atomic E-state index is 13.6. The number of ether oxygens (including phenoxy) is 1. The lowest BCUT2D eigenvalue weighted by Crippen LogP contribution is -2.01. The number of hydrogen-bond acceptors (Lipinski definition) is 5. The van der Waals surface area contributed by atoms with Crippen molar-refractivity contribution in [2.24, 2.45) is 0 Å². The van der Waals surface area contributed by atoms with Gasteiger partial charge in [-0.25, -0.2) is 19.0 Å². The summed E-state index contributed by atoms with van der Waals surface area (Å²) in [6, 6.07) is 20.1. The van der Waals surface area contributed by atoms with Crippen LogP contribution in [0.25, 0.3) is 21.5 Å². The van der Waals surface area contributed by atoms with E-state index in [1.165, 1.54) is 12.1 Å². The van der Waals surface area contributed by atoms with Crippen molar-refractivity contribution in [2.75, 3.05) is 0 Å². The molecule has 0 unspecified atom stereocenters. The van der Waals surface area contributed by atoms with E-state index in [1.54, 1.807) is 28.2 Å². The molecule has 0 saturated carbocycles. The molecule has 0 aliphatic heterocycles. The van der Waals surface area contributed by atoms with Gasteiger partial charge in [0.2, 0.25) is 0 Å². The predicted molar refractivity (Wildman–Crippen MR) is 126 cm³/mol. The fourth-order valence-electron chi connectivity index (χ4n) is 3.49. The van der Waals surface area contributed by atoms with E-state index in [9.17, 15) is 4.39 Å². The Morgan fingerprint density at radius 3 is 2.39 bits per heavy atom. The van der Waals surface area contributed by atoms with Crippen molar-refractivity contribution in [3.05, 3.63) is 102 Å². The standard InChI is InChI=1S/C25H22FN5OS/c1-2-21-23(33-25(27-21)30-14-6-7-15-30)24-28-22(17-32-16-18-8-4-3-5-9-18)29-31(24)20-12-10-19(26)11-13-20/h3-15H,2,16-17H2,1H3. The highest BCUT2D eigenvalue weighted by atomic mass is 32.1. The summed E-state index contributed by atoms with van der Waals surface area (Å²) < 4.78 is 23.2. The monoisotopic (exact) mass is 459 g/mol. The van der Waals surface area contributed by atoms with Crippen LogP contribution in [0.15, 0.2) is 79.1 Å². The molecule has 0 amide bonds. The third-order valence-corrected chi connectivity index (χ3v) is 6.22. The van der Waals surface area contributed by atoms with Crippen LogP contribution < -0.4 is 0 Å². The summed E-state index contributed by atoms with van der Waals surface area (Å²) in [7, 11) is 0. The lowest BCUT2D eigenvalue weighted by Gasteiger charge is -2.05. The van der Waals surface area contributed by atoms with Crippen molar-refractivity contribution < 1.29 is 9.13 Å². The Morgan fingerprint density at radius 1 is 0.909 bits per heavy atom. The zero-order valence-electron chi connectivity index (χ0n) is 18.1. The molecule has 0 fully saturated rings. The van der Waals surface area contributed by atoms with Gasteiger partial charge in [-0.2, -0.15) is 0 Å². The van der Waals surface area contributed by atoms with Crippen LogP contribution in [0.4, 0.5) is 4.39 Å². The summed E-state index contributed by atoms with van der Waals surface area (Å²) in [6.45, 7) is 2.81. The number of halogens is 1. The van der Waals surface area contributed by atoms with Gasteiger partial charge in [0, 0.05) is 12.4 Å². The number of thiazole rings is 1. The summed E-state index contributed by atoms with van der Waals surface area (Å²) in [5.74, 6) is 0.935. The van der Waals surface area contributed by atoms with Gasteiger partial charge in [0.25, 0.3) is 0 Å². The number of aryl methyl sites for hydroxylation is 1. The van der Waals surface area contributed by atoms with E-state index < -0.39 is 0 Å². The van der Waals surface area contributed by atoms with Crippen LogP contribution >= 0.6 is 11.3 Å². The number of rotatable bonds is 8. The first-order valence-corrected chi connectivity index (χ1v) is 11.5. The van der Waals surface area contributed by atoms with Gasteiger partial charge in [-0.15, -0.1) is 5.10 Å². The van der Waals surface area contributed by atoms with E-state index in [1.807, 2.05) is 59.4 Å². The van der Waals surface area contributed by atoms with Crippen molar-refractivity contribution in [2.45, 2.75) is 26.6 Å². The second-order valence-electron chi connectivity index (χ2n) is 7.43. The van der Waals surface area contributed by atoms with Crippen LogP contribution in [0.5, 0.6) is 0 Å². The molecule has 0 saturated heterocycles. The third-order valence-electron chi connectivity index (χ3n) is 5.11. The Kier molecular flexibility index (Phi) is 6.10. The molecule has 8 heteroatoms. The number of nitrogens with zero attached hydrogens (tertiary/aromatic N) is 5. The highest BCUT2D eigenvalue weighted by Gasteiger charge is 2.21. The molecule has 6 nitrogen and oxygen atoms in total. The van der Waals surface area contributed by atoms with Crippen LogP contribution in [0, 0.1) is 5.82 Å². The molecular weight excluding hydrogens is 437 g/mol. The minimum Gasteiger partial charge on any atom is -0.369 e. The maximum atomic E-state index is 13.6. The molecule has 0 aliphatic carbocycles. The Morgan fingerprint density at radius 2 is 1.67 bits per heavy atom. The molecule has 5 rings (SSSR count). The molecule has 5 aromatic rings.